The van der Waals surface area contributed by atoms with E-state index in [4.69, 9.17) is 14.2 Å². The fraction of sp³-hybridized carbons (Fsp3) is 0.357. The van der Waals surface area contributed by atoms with Crippen molar-refractivity contribution in [1.82, 2.24) is 0 Å². The number of Topliss-reactive ketones (excluding diaryl/α,β-unsaturated/α-hetero) is 1. The molecule has 4 heteroatoms. The van der Waals surface area contributed by atoms with Gasteiger partial charge in [-0.1, -0.05) is 6.08 Å². The van der Waals surface area contributed by atoms with Crippen molar-refractivity contribution in [3.63, 3.8) is 0 Å². The summed E-state index contributed by atoms with van der Waals surface area (Å²) in [7, 11) is 4.55. The van der Waals surface area contributed by atoms with Crippen LogP contribution < -0.4 is 14.2 Å². The van der Waals surface area contributed by atoms with Crippen LogP contribution in [0.4, 0.5) is 0 Å². The van der Waals surface area contributed by atoms with E-state index in [2.05, 4.69) is 6.58 Å². The lowest BCUT2D eigenvalue weighted by Gasteiger charge is -2.14. The van der Waals surface area contributed by atoms with E-state index in [9.17, 15) is 4.79 Å². The largest absolute Gasteiger partial charge is 0.493 e. The minimum Gasteiger partial charge on any atom is -0.493 e. The molecule has 1 aromatic carbocycles. The second kappa shape index (κ2) is 6.69. The topological polar surface area (TPSA) is 44.8 Å². The van der Waals surface area contributed by atoms with Gasteiger partial charge >= 0.3 is 0 Å². The first kappa shape index (κ1) is 14.1. The Morgan fingerprint density at radius 2 is 1.83 bits per heavy atom. The van der Waals surface area contributed by atoms with Crippen molar-refractivity contribution in [2.24, 2.45) is 0 Å². The van der Waals surface area contributed by atoms with Crippen LogP contribution in [0.1, 0.15) is 23.2 Å². The number of ether oxygens (including phenoxy) is 3. The molecule has 1 rings (SSSR count). The number of carbonyl (C=O) groups is 1. The number of allylic oxidation sites excluding steroid dienone is 1. The van der Waals surface area contributed by atoms with Crippen molar-refractivity contribution in [2.75, 3.05) is 21.3 Å². The maximum atomic E-state index is 12.0. The Bertz CT molecular complexity index is 438. The van der Waals surface area contributed by atoms with E-state index >= 15 is 0 Å². The van der Waals surface area contributed by atoms with Gasteiger partial charge in [0.15, 0.2) is 17.3 Å². The Kier molecular flexibility index (Phi) is 5.24. The number of carbonyl (C=O) groups excluding carboxylic acids is 1. The molecule has 0 heterocycles. The predicted molar refractivity (Wildman–Crippen MR) is 69.9 cm³/mol. The smallest absolute Gasteiger partial charge is 0.204 e. The van der Waals surface area contributed by atoms with Gasteiger partial charge in [0.1, 0.15) is 0 Å². The molecule has 0 aliphatic heterocycles. The van der Waals surface area contributed by atoms with Crippen molar-refractivity contribution >= 4 is 5.78 Å². The van der Waals surface area contributed by atoms with Gasteiger partial charge in [0.05, 0.1) is 26.9 Å². The van der Waals surface area contributed by atoms with Gasteiger partial charge in [-0.05, 0) is 18.6 Å². The molecular formula is C14H18O4. The van der Waals surface area contributed by atoms with Crippen LogP contribution >= 0.6 is 0 Å². The zero-order valence-electron chi connectivity index (χ0n) is 11.0. The Balaban J connectivity index is 3.19. The molecule has 18 heavy (non-hydrogen) atoms. The quantitative estimate of drug-likeness (QED) is 0.551. The summed E-state index contributed by atoms with van der Waals surface area (Å²) >= 11 is 0. The highest BCUT2D eigenvalue weighted by Gasteiger charge is 2.19. The Morgan fingerprint density at radius 1 is 1.17 bits per heavy atom. The van der Waals surface area contributed by atoms with Crippen molar-refractivity contribution in [3.8, 4) is 17.2 Å². The molecule has 0 bridgehead atoms. The minimum absolute atomic E-state index is 0.00676. The molecule has 0 unspecified atom stereocenters. The van der Waals surface area contributed by atoms with E-state index in [1.165, 1.54) is 21.3 Å². The molecule has 0 aliphatic rings. The van der Waals surface area contributed by atoms with Crippen LogP contribution in [0.5, 0.6) is 17.2 Å². The van der Waals surface area contributed by atoms with E-state index < -0.39 is 0 Å². The van der Waals surface area contributed by atoms with E-state index in [-0.39, 0.29) is 5.78 Å². The fourth-order valence-corrected chi connectivity index (χ4v) is 1.69. The van der Waals surface area contributed by atoms with Crippen LogP contribution in [0.3, 0.4) is 0 Å². The lowest BCUT2D eigenvalue weighted by molar-refractivity contribution is 0.0980. The summed E-state index contributed by atoms with van der Waals surface area (Å²) in [4.78, 5) is 12.0. The van der Waals surface area contributed by atoms with Gasteiger partial charge in [-0.25, -0.2) is 0 Å². The lowest BCUT2D eigenvalue weighted by atomic mass is 10.0. The molecule has 0 spiro atoms. The minimum atomic E-state index is -0.00676. The van der Waals surface area contributed by atoms with Crippen LogP contribution in [0.25, 0.3) is 0 Å². The van der Waals surface area contributed by atoms with Crippen molar-refractivity contribution in [1.29, 1.82) is 0 Å². The van der Waals surface area contributed by atoms with Gasteiger partial charge in [0.25, 0.3) is 0 Å². The van der Waals surface area contributed by atoms with Gasteiger partial charge in [-0.15, -0.1) is 6.58 Å². The summed E-state index contributed by atoms with van der Waals surface area (Å²) in [5, 5.41) is 0. The SMILES string of the molecule is C=CCCC(=O)c1ccc(OC)c(OC)c1OC. The number of rotatable bonds is 7. The maximum absolute atomic E-state index is 12.0. The second-order valence-electron chi connectivity index (χ2n) is 3.63. The number of hydrogen-bond acceptors (Lipinski definition) is 4. The van der Waals surface area contributed by atoms with Crippen molar-refractivity contribution in [2.45, 2.75) is 12.8 Å². The van der Waals surface area contributed by atoms with E-state index in [1.807, 2.05) is 0 Å². The van der Waals surface area contributed by atoms with Gasteiger partial charge in [-0.3, -0.25) is 4.79 Å². The molecule has 0 amide bonds. The zero-order valence-corrected chi connectivity index (χ0v) is 11.0. The molecular weight excluding hydrogens is 232 g/mol. The monoisotopic (exact) mass is 250 g/mol. The van der Waals surface area contributed by atoms with E-state index in [0.29, 0.717) is 35.7 Å². The molecule has 0 aliphatic carbocycles. The number of methoxy groups -OCH3 is 3. The number of ketones is 1. The normalized spacial score (nSPS) is 9.72. The van der Waals surface area contributed by atoms with Crippen molar-refractivity contribution in [3.05, 3.63) is 30.4 Å². The summed E-state index contributed by atoms with van der Waals surface area (Å²) in [6.45, 7) is 3.60. The van der Waals surface area contributed by atoms with Gasteiger partial charge in [0, 0.05) is 6.42 Å². The van der Waals surface area contributed by atoms with Gasteiger partial charge in [-0.2, -0.15) is 0 Å². The first-order valence-electron chi connectivity index (χ1n) is 5.62. The van der Waals surface area contributed by atoms with Crippen molar-refractivity contribution < 1.29 is 19.0 Å². The van der Waals surface area contributed by atoms with Crippen LogP contribution in [0.15, 0.2) is 24.8 Å². The molecule has 1 aromatic rings. The van der Waals surface area contributed by atoms with E-state index in [1.54, 1.807) is 18.2 Å². The highest BCUT2D eigenvalue weighted by Crippen LogP contribution is 2.40. The standard InChI is InChI=1S/C14H18O4/c1-5-6-7-11(15)10-8-9-12(16-2)14(18-4)13(10)17-3/h5,8-9H,1,6-7H2,2-4H3. The molecule has 98 valence electrons. The van der Waals surface area contributed by atoms with Crippen LogP contribution in [0.2, 0.25) is 0 Å². The molecule has 4 nitrogen and oxygen atoms in total. The van der Waals surface area contributed by atoms with Crippen LogP contribution in [-0.4, -0.2) is 27.1 Å². The Morgan fingerprint density at radius 3 is 2.33 bits per heavy atom. The van der Waals surface area contributed by atoms with Crippen LogP contribution in [0, 0.1) is 0 Å². The predicted octanol–water partition coefficient (Wildman–Crippen LogP) is 2.86. The average Bonchev–Trinajstić information content (AvgIpc) is 2.42. The molecule has 0 saturated heterocycles. The molecule has 0 atom stereocenters. The molecule has 0 fully saturated rings. The summed E-state index contributed by atoms with van der Waals surface area (Å²) in [5.41, 5.74) is 0.497. The summed E-state index contributed by atoms with van der Waals surface area (Å²) in [6, 6.07) is 3.38. The Hall–Kier alpha value is -1.97. The second-order valence-corrected chi connectivity index (χ2v) is 3.63. The highest BCUT2D eigenvalue weighted by molar-refractivity contribution is 6.00. The molecule has 0 N–H and O–H groups in total. The zero-order chi connectivity index (χ0) is 13.5. The summed E-state index contributed by atoms with van der Waals surface area (Å²) in [6.07, 6.45) is 2.75. The highest BCUT2D eigenvalue weighted by atomic mass is 16.5. The molecule has 0 radical (unpaired) electrons. The fourth-order valence-electron chi connectivity index (χ4n) is 1.69. The maximum Gasteiger partial charge on any atom is 0.204 e. The summed E-state index contributed by atoms with van der Waals surface area (Å²) in [5.74, 6) is 1.37. The van der Waals surface area contributed by atoms with Crippen LogP contribution in [-0.2, 0) is 0 Å². The van der Waals surface area contributed by atoms with Gasteiger partial charge in [0.2, 0.25) is 5.75 Å². The third kappa shape index (κ3) is 2.83. The lowest BCUT2D eigenvalue weighted by Crippen LogP contribution is -2.04. The summed E-state index contributed by atoms with van der Waals surface area (Å²) < 4.78 is 15.7. The Labute approximate surface area is 107 Å². The molecule has 0 aromatic heterocycles. The first-order chi connectivity index (χ1) is 8.69. The number of hydrogen-bond donors (Lipinski definition) is 0. The molecule has 0 saturated carbocycles. The van der Waals surface area contributed by atoms with Gasteiger partial charge < -0.3 is 14.2 Å². The van der Waals surface area contributed by atoms with E-state index in [0.717, 1.165) is 0 Å². The third-order valence-electron chi connectivity index (χ3n) is 2.58. The average molecular weight is 250 g/mol. The first-order valence-corrected chi connectivity index (χ1v) is 5.62. The third-order valence-corrected chi connectivity index (χ3v) is 2.58. The number of benzene rings is 1.